The maximum absolute atomic E-state index is 5.48. The summed E-state index contributed by atoms with van der Waals surface area (Å²) in [6.07, 6.45) is 2.04. The molecule has 4 heteroatoms. The number of hydrogen-bond donors (Lipinski definition) is 2. The predicted octanol–water partition coefficient (Wildman–Crippen LogP) is 2.02. The van der Waals surface area contributed by atoms with Crippen LogP contribution < -0.4 is 10.8 Å². The summed E-state index contributed by atoms with van der Waals surface area (Å²) in [7, 11) is 0. The van der Waals surface area contributed by atoms with Crippen molar-refractivity contribution in [2.45, 2.75) is 45.6 Å². The zero-order chi connectivity index (χ0) is 11.5. The molecule has 15 heavy (non-hydrogen) atoms. The molecule has 1 saturated heterocycles. The van der Waals surface area contributed by atoms with Crippen LogP contribution in [0.1, 0.15) is 33.6 Å². The Morgan fingerprint density at radius 3 is 2.67 bits per heavy atom. The second-order valence-electron chi connectivity index (χ2n) is 4.11. The first-order valence-corrected chi connectivity index (χ1v) is 5.22. The summed E-state index contributed by atoms with van der Waals surface area (Å²) in [4.78, 5) is 5.42. The summed E-state index contributed by atoms with van der Waals surface area (Å²) >= 11 is 0. The van der Waals surface area contributed by atoms with Crippen molar-refractivity contribution < 1.29 is 9.57 Å². The van der Waals surface area contributed by atoms with Gasteiger partial charge in [-0.05, 0) is 6.42 Å². The average molecular weight is 212 g/mol. The highest BCUT2D eigenvalue weighted by atomic mass is 16.8. The van der Waals surface area contributed by atoms with E-state index in [1.807, 2.05) is 13.8 Å². The van der Waals surface area contributed by atoms with Gasteiger partial charge in [0.15, 0.2) is 0 Å². The van der Waals surface area contributed by atoms with Crippen LogP contribution in [0.3, 0.4) is 0 Å². The fourth-order valence-corrected chi connectivity index (χ4v) is 1.33. The van der Waals surface area contributed by atoms with Gasteiger partial charge in [0, 0.05) is 13.8 Å². The van der Waals surface area contributed by atoms with E-state index in [0.717, 1.165) is 12.8 Å². The third-order valence-electron chi connectivity index (χ3n) is 2.08. The molecule has 1 unspecified atom stereocenters. The van der Waals surface area contributed by atoms with Crippen LogP contribution in [0.25, 0.3) is 0 Å². The van der Waals surface area contributed by atoms with Crippen LogP contribution in [0, 0.1) is 0 Å². The van der Waals surface area contributed by atoms with Crippen LogP contribution in [0.15, 0.2) is 24.6 Å². The Hall–Kier alpha value is -1.00. The molecule has 0 amide bonds. The molecule has 1 heterocycles. The topological polar surface area (TPSA) is 42.5 Å². The molecule has 0 aliphatic carbocycles. The fourth-order valence-electron chi connectivity index (χ4n) is 1.33. The van der Waals surface area contributed by atoms with Crippen molar-refractivity contribution in [3.8, 4) is 0 Å². The normalized spacial score (nSPS) is 26.2. The van der Waals surface area contributed by atoms with Crippen LogP contribution in [-0.4, -0.2) is 12.0 Å². The third kappa shape index (κ3) is 3.57. The van der Waals surface area contributed by atoms with Gasteiger partial charge in [-0.25, -0.2) is 0 Å². The van der Waals surface area contributed by atoms with Crippen LogP contribution in [0.5, 0.6) is 0 Å². The molecular weight excluding hydrogens is 192 g/mol. The summed E-state index contributed by atoms with van der Waals surface area (Å²) in [5.74, 6) is -0.212. The lowest BCUT2D eigenvalue weighted by Gasteiger charge is -2.34. The standard InChI is InChI=1S/C11H20N2O2/c1-6-7-10-12-8(2)9(3)14-11(4,5)15-13-10/h10,12-13H,2-3,6-7H2,1,4-5H3. The Morgan fingerprint density at radius 2 is 2.07 bits per heavy atom. The first kappa shape index (κ1) is 12.1. The monoisotopic (exact) mass is 212 g/mol. The van der Waals surface area contributed by atoms with E-state index in [1.54, 1.807) is 0 Å². The molecular formula is C11H20N2O2. The number of nitrogens with one attached hydrogen (secondary N) is 2. The second kappa shape index (κ2) is 4.68. The molecule has 2 N–H and O–H groups in total. The molecule has 0 spiro atoms. The van der Waals surface area contributed by atoms with Gasteiger partial charge in [0.1, 0.15) is 11.9 Å². The highest BCUT2D eigenvalue weighted by Crippen LogP contribution is 2.20. The van der Waals surface area contributed by atoms with Crippen LogP contribution >= 0.6 is 0 Å². The molecule has 0 aromatic rings. The molecule has 86 valence electrons. The van der Waals surface area contributed by atoms with Gasteiger partial charge in [-0.3, -0.25) is 4.84 Å². The van der Waals surface area contributed by atoms with E-state index in [1.165, 1.54) is 0 Å². The highest BCUT2D eigenvalue weighted by Gasteiger charge is 2.27. The van der Waals surface area contributed by atoms with Gasteiger partial charge in [-0.2, -0.15) is 5.48 Å². The van der Waals surface area contributed by atoms with Crippen molar-refractivity contribution in [2.24, 2.45) is 0 Å². The molecule has 0 saturated carbocycles. The maximum atomic E-state index is 5.48. The van der Waals surface area contributed by atoms with Crippen molar-refractivity contribution in [3.05, 3.63) is 24.6 Å². The van der Waals surface area contributed by atoms with E-state index < -0.39 is 5.79 Å². The van der Waals surface area contributed by atoms with Gasteiger partial charge in [0.2, 0.25) is 5.79 Å². The van der Waals surface area contributed by atoms with E-state index in [0.29, 0.717) is 11.5 Å². The van der Waals surface area contributed by atoms with Gasteiger partial charge < -0.3 is 10.1 Å². The van der Waals surface area contributed by atoms with Gasteiger partial charge in [0.25, 0.3) is 0 Å². The van der Waals surface area contributed by atoms with Crippen molar-refractivity contribution in [2.75, 3.05) is 0 Å². The van der Waals surface area contributed by atoms with E-state index in [9.17, 15) is 0 Å². The number of hydrogen-bond acceptors (Lipinski definition) is 4. The largest absolute Gasteiger partial charge is 0.460 e. The first-order chi connectivity index (χ1) is 6.94. The molecule has 0 aromatic carbocycles. The quantitative estimate of drug-likeness (QED) is 0.735. The Morgan fingerprint density at radius 1 is 1.40 bits per heavy atom. The molecule has 1 rings (SSSR count). The minimum atomic E-state index is -0.728. The van der Waals surface area contributed by atoms with Gasteiger partial charge in [-0.15, -0.1) is 0 Å². The highest BCUT2D eigenvalue weighted by molar-refractivity contribution is 5.18. The number of ether oxygens (including phenoxy) is 1. The molecule has 1 aliphatic rings. The Balaban J connectivity index is 2.69. The zero-order valence-corrected chi connectivity index (χ0v) is 9.72. The summed E-state index contributed by atoms with van der Waals surface area (Å²) < 4.78 is 5.48. The van der Waals surface area contributed by atoms with Gasteiger partial charge in [-0.1, -0.05) is 26.5 Å². The smallest absolute Gasteiger partial charge is 0.222 e. The number of hydroxylamine groups is 1. The minimum Gasteiger partial charge on any atom is -0.460 e. The fraction of sp³-hybridized carbons (Fsp3) is 0.636. The molecule has 1 atom stereocenters. The average Bonchev–Trinajstić information content (AvgIpc) is 2.12. The Labute approximate surface area is 91.3 Å². The lowest BCUT2D eigenvalue weighted by Crippen LogP contribution is -2.49. The van der Waals surface area contributed by atoms with E-state index >= 15 is 0 Å². The minimum absolute atomic E-state index is 0.0439. The predicted molar refractivity (Wildman–Crippen MR) is 59.5 cm³/mol. The van der Waals surface area contributed by atoms with E-state index in [4.69, 9.17) is 9.57 Å². The van der Waals surface area contributed by atoms with Crippen molar-refractivity contribution >= 4 is 0 Å². The van der Waals surface area contributed by atoms with Crippen LogP contribution in [-0.2, 0) is 9.57 Å². The molecule has 1 fully saturated rings. The Bertz CT molecular complexity index is 261. The van der Waals surface area contributed by atoms with E-state index in [2.05, 4.69) is 30.9 Å². The maximum Gasteiger partial charge on any atom is 0.222 e. The summed E-state index contributed by atoms with van der Waals surface area (Å²) in [6.45, 7) is 13.4. The Kier molecular flexibility index (Phi) is 3.77. The van der Waals surface area contributed by atoms with Crippen molar-refractivity contribution in [1.82, 2.24) is 10.8 Å². The molecule has 0 bridgehead atoms. The lowest BCUT2D eigenvalue weighted by atomic mass is 10.2. The lowest BCUT2D eigenvalue weighted by molar-refractivity contribution is -0.239. The van der Waals surface area contributed by atoms with Crippen molar-refractivity contribution in [1.29, 1.82) is 0 Å². The zero-order valence-electron chi connectivity index (χ0n) is 9.72. The van der Waals surface area contributed by atoms with Gasteiger partial charge >= 0.3 is 0 Å². The summed E-state index contributed by atoms with van der Waals surface area (Å²) in [6, 6.07) is 0. The second-order valence-corrected chi connectivity index (χ2v) is 4.11. The third-order valence-corrected chi connectivity index (χ3v) is 2.08. The molecule has 0 aromatic heterocycles. The SMILES string of the molecule is C=C1NC(CCC)NOC(C)(C)OC1=C. The molecule has 0 radical (unpaired) electrons. The number of rotatable bonds is 2. The summed E-state index contributed by atoms with van der Waals surface area (Å²) in [5, 5.41) is 3.15. The van der Waals surface area contributed by atoms with Gasteiger partial charge in [0.05, 0.1) is 5.70 Å². The molecule has 1 aliphatic heterocycles. The summed E-state index contributed by atoms with van der Waals surface area (Å²) in [5.41, 5.74) is 3.62. The van der Waals surface area contributed by atoms with Crippen LogP contribution in [0.2, 0.25) is 0 Å². The molecule has 4 nitrogen and oxygen atoms in total. The van der Waals surface area contributed by atoms with Crippen molar-refractivity contribution in [3.63, 3.8) is 0 Å². The van der Waals surface area contributed by atoms with E-state index in [-0.39, 0.29) is 6.17 Å². The van der Waals surface area contributed by atoms with Crippen LogP contribution in [0.4, 0.5) is 0 Å². The first-order valence-electron chi connectivity index (χ1n) is 5.22.